The summed E-state index contributed by atoms with van der Waals surface area (Å²) in [7, 11) is 0. The second kappa shape index (κ2) is 8.02. The molecule has 2 N–H and O–H groups in total. The van der Waals surface area contributed by atoms with Crippen LogP contribution in [0.1, 0.15) is 29.9 Å². The Kier molecular flexibility index (Phi) is 5.28. The van der Waals surface area contributed by atoms with Crippen molar-refractivity contribution in [3.8, 4) is 0 Å². The van der Waals surface area contributed by atoms with Gasteiger partial charge in [0.15, 0.2) is 28.3 Å². The standard InChI is InChI=1S/C19H17N5O4S/c1-11(25)29-8-14-13(26)7-15(28-14)24-10-22-16-17(20-9-21-18(16)24)23-19(27)12-5-3-2-4-6-12/h2-6,8-10,13,15,26H,7H2,1H3,(H,20,21,23,27)/t13-,15+/m0/s1. The Hall–Kier alpha value is -3.24. The minimum Gasteiger partial charge on any atom is -0.471 e. The van der Waals surface area contributed by atoms with Gasteiger partial charge in [0.25, 0.3) is 5.91 Å². The van der Waals surface area contributed by atoms with E-state index in [9.17, 15) is 14.7 Å². The molecule has 3 heterocycles. The number of nitrogens with zero attached hydrogens (tertiary/aromatic N) is 4. The van der Waals surface area contributed by atoms with Crippen LogP contribution < -0.4 is 5.32 Å². The predicted octanol–water partition coefficient (Wildman–Crippen LogP) is 2.48. The second-order valence-electron chi connectivity index (χ2n) is 6.32. The number of rotatable bonds is 4. The lowest BCUT2D eigenvalue weighted by atomic mass is 10.2. The number of thioether (sulfide) groups is 1. The molecule has 9 nitrogen and oxygen atoms in total. The van der Waals surface area contributed by atoms with Gasteiger partial charge in [0.2, 0.25) is 0 Å². The van der Waals surface area contributed by atoms with Crippen LogP contribution in [0.2, 0.25) is 0 Å². The number of anilines is 1. The zero-order valence-electron chi connectivity index (χ0n) is 15.3. The first-order valence-corrected chi connectivity index (χ1v) is 9.67. The lowest BCUT2D eigenvalue weighted by Gasteiger charge is -2.12. The van der Waals surface area contributed by atoms with Gasteiger partial charge in [-0.1, -0.05) is 30.0 Å². The Morgan fingerprint density at radius 2 is 2.07 bits per heavy atom. The molecule has 10 heteroatoms. The molecule has 148 valence electrons. The SMILES string of the molecule is CC(=O)SC=C1O[C@@H](n2cnc3c(NC(=O)c4ccccc4)ncnc32)C[C@@H]1O. The van der Waals surface area contributed by atoms with Crippen LogP contribution in [0, 0.1) is 0 Å². The summed E-state index contributed by atoms with van der Waals surface area (Å²) in [5.41, 5.74) is 1.37. The molecule has 1 aliphatic rings. The summed E-state index contributed by atoms with van der Waals surface area (Å²) in [5, 5.41) is 14.4. The largest absolute Gasteiger partial charge is 0.471 e. The number of aliphatic hydroxyl groups excluding tert-OH is 1. The molecule has 4 rings (SSSR count). The Morgan fingerprint density at radius 1 is 1.28 bits per heavy atom. The molecule has 0 unspecified atom stereocenters. The average molecular weight is 411 g/mol. The molecule has 1 fully saturated rings. The summed E-state index contributed by atoms with van der Waals surface area (Å²) in [5.74, 6) is 0.298. The lowest BCUT2D eigenvalue weighted by molar-refractivity contribution is -0.109. The molecule has 1 amide bonds. The molecular formula is C19H17N5O4S. The number of nitrogens with one attached hydrogen (secondary N) is 1. The zero-order valence-corrected chi connectivity index (χ0v) is 16.2. The molecule has 2 atom stereocenters. The van der Waals surface area contributed by atoms with Crippen molar-refractivity contribution in [2.45, 2.75) is 25.7 Å². The molecule has 2 aromatic heterocycles. The van der Waals surface area contributed by atoms with E-state index < -0.39 is 12.3 Å². The third kappa shape index (κ3) is 3.98. The summed E-state index contributed by atoms with van der Waals surface area (Å²) >= 11 is 0.958. The highest BCUT2D eigenvalue weighted by atomic mass is 32.2. The number of benzene rings is 1. The van der Waals surface area contributed by atoms with Gasteiger partial charge in [0.05, 0.1) is 0 Å². The highest BCUT2D eigenvalue weighted by molar-refractivity contribution is 8.16. The van der Waals surface area contributed by atoms with Crippen molar-refractivity contribution in [3.05, 3.63) is 59.7 Å². The van der Waals surface area contributed by atoms with Crippen molar-refractivity contribution in [1.82, 2.24) is 19.5 Å². The van der Waals surface area contributed by atoms with Crippen LogP contribution in [-0.2, 0) is 9.53 Å². The highest BCUT2D eigenvalue weighted by Crippen LogP contribution is 2.34. The number of aromatic nitrogens is 4. The van der Waals surface area contributed by atoms with Crippen LogP contribution in [0.15, 0.2) is 54.2 Å². The van der Waals surface area contributed by atoms with Crippen molar-refractivity contribution < 1.29 is 19.4 Å². The van der Waals surface area contributed by atoms with E-state index in [0.29, 0.717) is 22.5 Å². The fraction of sp³-hybridized carbons (Fsp3) is 0.211. The van der Waals surface area contributed by atoms with Crippen LogP contribution in [0.4, 0.5) is 5.82 Å². The molecular weight excluding hydrogens is 394 g/mol. The van der Waals surface area contributed by atoms with E-state index in [0.717, 1.165) is 11.8 Å². The predicted molar refractivity (Wildman–Crippen MR) is 107 cm³/mol. The number of fused-ring (bicyclic) bond motifs is 1. The smallest absolute Gasteiger partial charge is 0.256 e. The van der Waals surface area contributed by atoms with E-state index in [1.807, 2.05) is 6.07 Å². The number of hydrogen-bond acceptors (Lipinski definition) is 8. The zero-order chi connectivity index (χ0) is 20.4. The van der Waals surface area contributed by atoms with Gasteiger partial charge in [0, 0.05) is 24.3 Å². The normalized spacial score (nSPS) is 20.0. The number of carbonyl (C=O) groups is 2. The van der Waals surface area contributed by atoms with E-state index in [1.54, 1.807) is 28.8 Å². The van der Waals surface area contributed by atoms with Crippen molar-refractivity contribution in [3.63, 3.8) is 0 Å². The average Bonchev–Trinajstić information content (AvgIpc) is 3.31. The third-order valence-electron chi connectivity index (χ3n) is 4.30. The lowest BCUT2D eigenvalue weighted by Crippen LogP contribution is -2.13. The molecule has 0 aliphatic carbocycles. The molecule has 29 heavy (non-hydrogen) atoms. The molecule has 3 aromatic rings. The van der Waals surface area contributed by atoms with E-state index in [4.69, 9.17) is 4.74 Å². The van der Waals surface area contributed by atoms with E-state index in [-0.39, 0.29) is 23.3 Å². The van der Waals surface area contributed by atoms with Gasteiger partial charge in [-0.15, -0.1) is 0 Å². The monoisotopic (exact) mass is 411 g/mol. The third-order valence-corrected chi connectivity index (χ3v) is 4.99. The topological polar surface area (TPSA) is 119 Å². The van der Waals surface area contributed by atoms with Crippen molar-refractivity contribution >= 4 is 39.8 Å². The van der Waals surface area contributed by atoms with Crippen molar-refractivity contribution in [2.24, 2.45) is 0 Å². The molecule has 0 radical (unpaired) electrons. The van der Waals surface area contributed by atoms with Gasteiger partial charge < -0.3 is 15.2 Å². The molecule has 0 spiro atoms. The van der Waals surface area contributed by atoms with Gasteiger partial charge >= 0.3 is 0 Å². The first-order chi connectivity index (χ1) is 14.0. The summed E-state index contributed by atoms with van der Waals surface area (Å²) in [6, 6.07) is 8.78. The Morgan fingerprint density at radius 3 is 2.83 bits per heavy atom. The van der Waals surface area contributed by atoms with Crippen LogP contribution >= 0.6 is 11.8 Å². The number of amides is 1. The Balaban J connectivity index is 1.59. The van der Waals surface area contributed by atoms with Gasteiger partial charge in [-0.3, -0.25) is 14.2 Å². The van der Waals surface area contributed by atoms with Gasteiger partial charge in [0.1, 0.15) is 24.5 Å². The fourth-order valence-corrected chi connectivity index (χ4v) is 3.43. The number of carbonyl (C=O) groups excluding carboxylic acids is 2. The number of aliphatic hydroxyl groups is 1. The second-order valence-corrected chi connectivity index (χ2v) is 7.37. The summed E-state index contributed by atoms with van der Waals surface area (Å²) in [6.07, 6.45) is 1.76. The van der Waals surface area contributed by atoms with E-state index in [1.165, 1.54) is 25.0 Å². The Labute approximate surface area is 169 Å². The number of hydrogen-bond donors (Lipinski definition) is 2. The molecule has 1 aliphatic heterocycles. The van der Waals surface area contributed by atoms with Gasteiger partial charge in [-0.05, 0) is 12.1 Å². The van der Waals surface area contributed by atoms with Crippen molar-refractivity contribution in [1.29, 1.82) is 0 Å². The van der Waals surface area contributed by atoms with E-state index >= 15 is 0 Å². The number of imidazole rings is 1. The van der Waals surface area contributed by atoms with E-state index in [2.05, 4.69) is 20.3 Å². The van der Waals surface area contributed by atoms with Crippen LogP contribution in [0.5, 0.6) is 0 Å². The summed E-state index contributed by atoms with van der Waals surface area (Å²) in [6.45, 7) is 1.44. The maximum atomic E-state index is 12.4. The quantitative estimate of drug-likeness (QED) is 0.672. The minimum absolute atomic E-state index is 0.101. The first-order valence-electron chi connectivity index (χ1n) is 8.79. The van der Waals surface area contributed by atoms with Crippen LogP contribution in [0.25, 0.3) is 11.2 Å². The summed E-state index contributed by atoms with van der Waals surface area (Å²) in [4.78, 5) is 36.3. The molecule has 1 aromatic carbocycles. The minimum atomic E-state index is -0.830. The highest BCUT2D eigenvalue weighted by Gasteiger charge is 2.32. The first kappa shape index (κ1) is 19.1. The fourth-order valence-electron chi connectivity index (χ4n) is 2.93. The number of ether oxygens (including phenoxy) is 1. The van der Waals surface area contributed by atoms with Gasteiger partial charge in [-0.25, -0.2) is 15.0 Å². The van der Waals surface area contributed by atoms with Crippen molar-refractivity contribution in [2.75, 3.05) is 5.32 Å². The molecule has 0 bridgehead atoms. The van der Waals surface area contributed by atoms with Crippen LogP contribution in [-0.4, -0.2) is 41.8 Å². The van der Waals surface area contributed by atoms with Crippen LogP contribution in [0.3, 0.4) is 0 Å². The molecule has 1 saturated heterocycles. The Bertz CT molecular complexity index is 1100. The maximum absolute atomic E-state index is 12.4. The maximum Gasteiger partial charge on any atom is 0.256 e. The molecule has 0 saturated carbocycles. The summed E-state index contributed by atoms with van der Waals surface area (Å²) < 4.78 is 7.44. The van der Waals surface area contributed by atoms with Gasteiger partial charge in [-0.2, -0.15) is 0 Å².